The van der Waals surface area contributed by atoms with E-state index in [4.69, 9.17) is 0 Å². The zero-order chi connectivity index (χ0) is 14.0. The van der Waals surface area contributed by atoms with Gasteiger partial charge in [0.05, 0.1) is 0 Å². The van der Waals surface area contributed by atoms with Crippen LogP contribution in [0.1, 0.15) is 54.1 Å². The number of amides is 1. The van der Waals surface area contributed by atoms with Gasteiger partial charge < -0.3 is 4.90 Å². The SMILES string of the molecule is Cc1ccc(C(C)C)cc1C(=O)N1CCC(=O)CC1. The van der Waals surface area contributed by atoms with Crippen molar-refractivity contribution >= 4 is 11.7 Å². The lowest BCUT2D eigenvalue weighted by Gasteiger charge is -2.27. The first-order chi connectivity index (χ1) is 8.99. The number of likely N-dealkylation sites (tertiary alicyclic amines) is 1. The van der Waals surface area contributed by atoms with E-state index in [1.807, 2.05) is 19.1 Å². The highest BCUT2D eigenvalue weighted by Gasteiger charge is 2.23. The molecule has 0 N–H and O–H groups in total. The van der Waals surface area contributed by atoms with Crippen molar-refractivity contribution in [1.29, 1.82) is 0 Å². The summed E-state index contributed by atoms with van der Waals surface area (Å²) in [6.07, 6.45) is 0.989. The van der Waals surface area contributed by atoms with Gasteiger partial charge in [-0.2, -0.15) is 0 Å². The fourth-order valence-electron chi connectivity index (χ4n) is 2.36. The van der Waals surface area contributed by atoms with Gasteiger partial charge in [-0.05, 0) is 30.0 Å². The van der Waals surface area contributed by atoms with Gasteiger partial charge >= 0.3 is 0 Å². The molecule has 0 radical (unpaired) electrons. The van der Waals surface area contributed by atoms with E-state index >= 15 is 0 Å². The summed E-state index contributed by atoms with van der Waals surface area (Å²) in [6, 6.07) is 6.09. The number of piperidine rings is 1. The Morgan fingerprint density at radius 1 is 1.21 bits per heavy atom. The van der Waals surface area contributed by atoms with E-state index in [1.54, 1.807) is 4.90 Å². The number of carbonyl (C=O) groups excluding carboxylic acids is 2. The van der Waals surface area contributed by atoms with Crippen LogP contribution in [-0.4, -0.2) is 29.7 Å². The first kappa shape index (κ1) is 13.8. The molecule has 2 rings (SSSR count). The van der Waals surface area contributed by atoms with E-state index in [-0.39, 0.29) is 11.7 Å². The predicted molar refractivity (Wildman–Crippen MR) is 75.4 cm³/mol. The van der Waals surface area contributed by atoms with Crippen molar-refractivity contribution in [1.82, 2.24) is 4.90 Å². The molecule has 0 saturated carbocycles. The second kappa shape index (κ2) is 5.55. The maximum atomic E-state index is 12.5. The molecule has 1 fully saturated rings. The number of Topliss-reactive ketones (excluding diaryl/α,β-unsaturated/α-hetero) is 1. The Morgan fingerprint density at radius 3 is 2.42 bits per heavy atom. The van der Waals surface area contributed by atoms with Gasteiger partial charge in [0.25, 0.3) is 5.91 Å². The largest absolute Gasteiger partial charge is 0.338 e. The van der Waals surface area contributed by atoms with Crippen molar-refractivity contribution in [2.24, 2.45) is 0 Å². The molecular formula is C16H21NO2. The van der Waals surface area contributed by atoms with Crippen LogP contribution in [0.3, 0.4) is 0 Å². The van der Waals surface area contributed by atoms with Crippen molar-refractivity contribution in [2.45, 2.75) is 39.5 Å². The molecule has 0 bridgehead atoms. The summed E-state index contributed by atoms with van der Waals surface area (Å²) >= 11 is 0. The summed E-state index contributed by atoms with van der Waals surface area (Å²) in [6.45, 7) is 7.33. The van der Waals surface area contributed by atoms with Gasteiger partial charge in [0.1, 0.15) is 5.78 Å². The molecule has 0 spiro atoms. The number of hydrogen-bond donors (Lipinski definition) is 0. The van der Waals surface area contributed by atoms with Crippen LogP contribution in [0.15, 0.2) is 18.2 Å². The molecule has 1 aliphatic heterocycles. The Morgan fingerprint density at radius 2 is 1.84 bits per heavy atom. The molecule has 3 nitrogen and oxygen atoms in total. The molecule has 0 aromatic heterocycles. The fourth-order valence-corrected chi connectivity index (χ4v) is 2.36. The zero-order valence-corrected chi connectivity index (χ0v) is 11.9. The van der Waals surface area contributed by atoms with E-state index in [0.29, 0.717) is 31.8 Å². The minimum Gasteiger partial charge on any atom is -0.338 e. The van der Waals surface area contributed by atoms with Crippen molar-refractivity contribution in [3.63, 3.8) is 0 Å². The lowest BCUT2D eigenvalue weighted by molar-refractivity contribution is -0.120. The fraction of sp³-hybridized carbons (Fsp3) is 0.500. The van der Waals surface area contributed by atoms with E-state index in [1.165, 1.54) is 5.56 Å². The average molecular weight is 259 g/mol. The molecule has 3 heteroatoms. The average Bonchev–Trinajstić information content (AvgIpc) is 2.39. The predicted octanol–water partition coefficient (Wildman–Crippen LogP) is 2.92. The minimum atomic E-state index is 0.0625. The third-order valence-corrected chi connectivity index (χ3v) is 3.77. The number of ketones is 1. The first-order valence-corrected chi connectivity index (χ1v) is 6.90. The van der Waals surface area contributed by atoms with Crippen LogP contribution in [-0.2, 0) is 4.79 Å². The van der Waals surface area contributed by atoms with Gasteiger partial charge in [-0.15, -0.1) is 0 Å². The lowest BCUT2D eigenvalue weighted by Crippen LogP contribution is -2.38. The van der Waals surface area contributed by atoms with Crippen LogP contribution < -0.4 is 0 Å². The normalized spacial score (nSPS) is 16.0. The number of nitrogens with zero attached hydrogens (tertiary/aromatic N) is 1. The molecule has 1 aliphatic rings. The monoisotopic (exact) mass is 259 g/mol. The quantitative estimate of drug-likeness (QED) is 0.819. The molecule has 102 valence electrons. The van der Waals surface area contributed by atoms with Crippen LogP contribution in [0, 0.1) is 6.92 Å². The summed E-state index contributed by atoms with van der Waals surface area (Å²) in [7, 11) is 0. The van der Waals surface area contributed by atoms with Crippen LogP contribution in [0.4, 0.5) is 0 Å². The third kappa shape index (κ3) is 3.03. The Bertz CT molecular complexity index is 495. The van der Waals surface area contributed by atoms with Gasteiger partial charge in [0.15, 0.2) is 0 Å². The molecule has 1 aromatic carbocycles. The summed E-state index contributed by atoms with van der Waals surface area (Å²) in [4.78, 5) is 25.6. The van der Waals surface area contributed by atoms with Crippen LogP contribution in [0.2, 0.25) is 0 Å². The highest BCUT2D eigenvalue weighted by molar-refractivity contribution is 5.97. The highest BCUT2D eigenvalue weighted by atomic mass is 16.2. The van der Waals surface area contributed by atoms with Crippen molar-refractivity contribution in [3.05, 3.63) is 34.9 Å². The van der Waals surface area contributed by atoms with Crippen LogP contribution in [0.25, 0.3) is 0 Å². The number of carbonyl (C=O) groups is 2. The van der Waals surface area contributed by atoms with Gasteiger partial charge in [0, 0.05) is 31.5 Å². The van der Waals surface area contributed by atoms with E-state index in [9.17, 15) is 9.59 Å². The molecule has 0 aliphatic carbocycles. The standard InChI is InChI=1S/C16H21NO2/c1-11(2)13-5-4-12(3)15(10-13)16(19)17-8-6-14(18)7-9-17/h4-5,10-11H,6-9H2,1-3H3. The molecule has 1 saturated heterocycles. The smallest absolute Gasteiger partial charge is 0.254 e. The molecule has 0 unspecified atom stereocenters. The Balaban J connectivity index is 2.23. The maximum absolute atomic E-state index is 12.5. The molecule has 0 atom stereocenters. The van der Waals surface area contributed by atoms with Crippen LogP contribution >= 0.6 is 0 Å². The van der Waals surface area contributed by atoms with Gasteiger partial charge in [-0.1, -0.05) is 26.0 Å². The molecule has 1 aromatic rings. The zero-order valence-electron chi connectivity index (χ0n) is 11.9. The topological polar surface area (TPSA) is 37.4 Å². The van der Waals surface area contributed by atoms with Gasteiger partial charge in [-0.3, -0.25) is 9.59 Å². The lowest BCUT2D eigenvalue weighted by atomic mass is 9.96. The third-order valence-electron chi connectivity index (χ3n) is 3.77. The van der Waals surface area contributed by atoms with E-state index in [2.05, 4.69) is 19.9 Å². The van der Waals surface area contributed by atoms with E-state index < -0.39 is 0 Å². The second-order valence-electron chi connectivity index (χ2n) is 5.56. The van der Waals surface area contributed by atoms with E-state index in [0.717, 1.165) is 11.1 Å². The molecular weight excluding hydrogens is 238 g/mol. The van der Waals surface area contributed by atoms with Crippen LogP contribution in [0.5, 0.6) is 0 Å². The van der Waals surface area contributed by atoms with Crippen molar-refractivity contribution in [2.75, 3.05) is 13.1 Å². The Labute approximate surface area is 114 Å². The number of benzene rings is 1. The summed E-state index contributed by atoms with van der Waals surface area (Å²) < 4.78 is 0. The first-order valence-electron chi connectivity index (χ1n) is 6.90. The Kier molecular flexibility index (Phi) is 4.03. The Hall–Kier alpha value is -1.64. The highest BCUT2D eigenvalue weighted by Crippen LogP contribution is 2.21. The van der Waals surface area contributed by atoms with Crippen molar-refractivity contribution < 1.29 is 9.59 Å². The molecule has 1 heterocycles. The number of rotatable bonds is 2. The summed E-state index contributed by atoms with van der Waals surface area (Å²) in [5.74, 6) is 0.735. The minimum absolute atomic E-state index is 0.0625. The van der Waals surface area contributed by atoms with Crippen molar-refractivity contribution in [3.8, 4) is 0 Å². The summed E-state index contributed by atoms with van der Waals surface area (Å²) in [5.41, 5.74) is 2.97. The molecule has 19 heavy (non-hydrogen) atoms. The van der Waals surface area contributed by atoms with Gasteiger partial charge in [0.2, 0.25) is 0 Å². The number of aryl methyl sites for hydroxylation is 1. The number of hydrogen-bond acceptors (Lipinski definition) is 2. The second-order valence-corrected chi connectivity index (χ2v) is 5.56. The summed E-state index contributed by atoms with van der Waals surface area (Å²) in [5, 5.41) is 0. The molecule has 1 amide bonds. The maximum Gasteiger partial charge on any atom is 0.254 e. The van der Waals surface area contributed by atoms with Gasteiger partial charge in [-0.25, -0.2) is 0 Å².